The molecule has 3 atom stereocenters. The van der Waals surface area contributed by atoms with Crippen molar-refractivity contribution in [3.63, 3.8) is 0 Å². The SMILES string of the molecule is O=C(COc1ccc(Cl)cc1C1c2sc(=O)[nH]c2SC2C(=O)N(c3ccc(Cl)cc3)C(=O)C21)Nc1ccc(Cl)cc1. The summed E-state index contributed by atoms with van der Waals surface area (Å²) in [5, 5.41) is 3.81. The summed E-state index contributed by atoms with van der Waals surface area (Å²) in [4.78, 5) is 56.9. The van der Waals surface area contributed by atoms with Gasteiger partial charge in [-0.05, 0) is 66.7 Å². The highest BCUT2D eigenvalue weighted by molar-refractivity contribution is 8.00. The number of carbonyl (C=O) groups is 3. The second kappa shape index (κ2) is 11.2. The minimum Gasteiger partial charge on any atom is -0.483 e. The molecule has 8 nitrogen and oxygen atoms in total. The maximum atomic E-state index is 14.0. The number of nitrogens with zero attached hydrogens (tertiary/aromatic N) is 1. The van der Waals surface area contributed by atoms with E-state index in [4.69, 9.17) is 39.5 Å². The topological polar surface area (TPSA) is 109 Å². The number of rotatable bonds is 6. The van der Waals surface area contributed by atoms with Crippen molar-refractivity contribution < 1.29 is 19.1 Å². The lowest BCUT2D eigenvalue weighted by Crippen LogP contribution is -2.32. The molecule has 3 unspecified atom stereocenters. The van der Waals surface area contributed by atoms with E-state index in [9.17, 15) is 19.2 Å². The molecule has 208 valence electrons. The summed E-state index contributed by atoms with van der Waals surface area (Å²) >= 11 is 20.5. The Kier molecular flexibility index (Phi) is 7.60. The molecular weight excluding hydrogens is 629 g/mol. The first kappa shape index (κ1) is 27.9. The minimum atomic E-state index is -0.856. The van der Waals surface area contributed by atoms with Crippen LogP contribution >= 0.6 is 57.9 Å². The van der Waals surface area contributed by atoms with Gasteiger partial charge in [-0.1, -0.05) is 57.9 Å². The molecule has 41 heavy (non-hydrogen) atoms. The normalized spacial score (nSPS) is 19.6. The van der Waals surface area contributed by atoms with Crippen LogP contribution in [0, 0.1) is 5.92 Å². The Bertz CT molecular complexity index is 1740. The lowest BCUT2D eigenvalue weighted by Gasteiger charge is -2.31. The Labute approximate surface area is 256 Å². The fourth-order valence-electron chi connectivity index (χ4n) is 4.96. The zero-order valence-electron chi connectivity index (χ0n) is 20.7. The molecule has 4 aromatic rings. The molecule has 3 heterocycles. The number of aromatic amines is 1. The number of thiazole rings is 1. The van der Waals surface area contributed by atoms with E-state index in [-0.39, 0.29) is 11.5 Å². The molecule has 0 bridgehead atoms. The highest BCUT2D eigenvalue weighted by Gasteiger charge is 2.56. The molecule has 1 fully saturated rings. The number of halogens is 3. The van der Waals surface area contributed by atoms with E-state index < -0.39 is 34.8 Å². The molecule has 0 saturated carbocycles. The van der Waals surface area contributed by atoms with Gasteiger partial charge in [-0.3, -0.25) is 19.2 Å². The molecule has 6 rings (SSSR count). The Morgan fingerprint density at radius 2 is 1.56 bits per heavy atom. The summed E-state index contributed by atoms with van der Waals surface area (Å²) in [5.74, 6) is -2.53. The Morgan fingerprint density at radius 3 is 2.27 bits per heavy atom. The number of amides is 3. The second-order valence-corrected chi connectivity index (χ2v) is 12.7. The quantitative estimate of drug-likeness (QED) is 0.241. The number of anilines is 2. The van der Waals surface area contributed by atoms with E-state index in [0.29, 0.717) is 47.7 Å². The van der Waals surface area contributed by atoms with Crippen molar-refractivity contribution in [1.82, 2.24) is 4.98 Å². The van der Waals surface area contributed by atoms with Gasteiger partial charge in [-0.25, -0.2) is 4.90 Å². The van der Waals surface area contributed by atoms with Crippen molar-refractivity contribution in [3.05, 3.63) is 102 Å². The number of nitrogens with one attached hydrogen (secondary N) is 2. The lowest BCUT2D eigenvalue weighted by molar-refractivity contribution is -0.122. The Hall–Kier alpha value is -3.28. The third kappa shape index (κ3) is 5.38. The van der Waals surface area contributed by atoms with E-state index in [1.165, 1.54) is 0 Å². The van der Waals surface area contributed by atoms with E-state index >= 15 is 0 Å². The van der Waals surface area contributed by atoms with Crippen molar-refractivity contribution in [2.24, 2.45) is 5.92 Å². The Morgan fingerprint density at radius 1 is 0.902 bits per heavy atom. The van der Waals surface area contributed by atoms with Crippen LogP contribution in [0.5, 0.6) is 5.75 Å². The lowest BCUT2D eigenvalue weighted by atomic mass is 9.82. The second-order valence-electron chi connectivity index (χ2n) is 9.26. The summed E-state index contributed by atoms with van der Waals surface area (Å²) < 4.78 is 5.95. The van der Waals surface area contributed by atoms with Crippen LogP contribution in [-0.4, -0.2) is 34.6 Å². The van der Waals surface area contributed by atoms with Gasteiger partial charge in [-0.2, -0.15) is 0 Å². The van der Waals surface area contributed by atoms with Gasteiger partial charge in [0.15, 0.2) is 6.61 Å². The smallest absolute Gasteiger partial charge is 0.305 e. The van der Waals surface area contributed by atoms with Crippen LogP contribution in [0.2, 0.25) is 15.1 Å². The summed E-state index contributed by atoms with van der Waals surface area (Å²) in [5.41, 5.74) is 1.43. The summed E-state index contributed by atoms with van der Waals surface area (Å²) in [6, 6.07) is 17.9. The van der Waals surface area contributed by atoms with Crippen LogP contribution in [0.15, 0.2) is 76.6 Å². The highest BCUT2D eigenvalue weighted by atomic mass is 35.5. The highest BCUT2D eigenvalue weighted by Crippen LogP contribution is 2.54. The van der Waals surface area contributed by atoms with Crippen molar-refractivity contribution in [2.45, 2.75) is 16.2 Å². The van der Waals surface area contributed by atoms with Gasteiger partial charge in [0.05, 0.1) is 16.6 Å². The number of thioether (sulfide) groups is 1. The molecule has 3 amide bonds. The van der Waals surface area contributed by atoms with Gasteiger partial charge in [0.1, 0.15) is 11.0 Å². The van der Waals surface area contributed by atoms with E-state index in [0.717, 1.165) is 28.0 Å². The Balaban J connectivity index is 1.36. The number of carbonyl (C=O) groups excluding carboxylic acids is 3. The summed E-state index contributed by atoms with van der Waals surface area (Å²) in [7, 11) is 0. The third-order valence-corrected chi connectivity index (χ3v) is 9.84. The van der Waals surface area contributed by atoms with Crippen molar-refractivity contribution in [2.75, 3.05) is 16.8 Å². The van der Waals surface area contributed by atoms with Crippen molar-refractivity contribution >= 4 is 87.0 Å². The van der Waals surface area contributed by atoms with Crippen LogP contribution in [0.1, 0.15) is 16.4 Å². The molecule has 1 saturated heterocycles. The van der Waals surface area contributed by atoms with Gasteiger partial charge in [0, 0.05) is 37.1 Å². The predicted octanol–water partition coefficient (Wildman–Crippen LogP) is 6.21. The fourth-order valence-corrected chi connectivity index (χ4v) is 7.90. The first-order valence-corrected chi connectivity index (χ1v) is 15.0. The maximum Gasteiger partial charge on any atom is 0.305 e. The first-order valence-electron chi connectivity index (χ1n) is 12.2. The first-order chi connectivity index (χ1) is 19.7. The van der Waals surface area contributed by atoms with Gasteiger partial charge in [0.25, 0.3) is 5.91 Å². The molecule has 2 N–H and O–H groups in total. The van der Waals surface area contributed by atoms with Gasteiger partial charge in [0.2, 0.25) is 11.8 Å². The number of H-pyrrole nitrogens is 1. The molecule has 0 spiro atoms. The van der Waals surface area contributed by atoms with Crippen LogP contribution in [0.25, 0.3) is 0 Å². The van der Waals surface area contributed by atoms with Crippen LogP contribution < -0.4 is 19.8 Å². The molecular formula is C28H18Cl3N3O5S2. The van der Waals surface area contributed by atoms with Gasteiger partial charge in [-0.15, -0.1) is 0 Å². The van der Waals surface area contributed by atoms with Crippen LogP contribution in [-0.2, 0) is 14.4 Å². The molecule has 13 heteroatoms. The number of benzene rings is 3. The predicted molar refractivity (Wildman–Crippen MR) is 161 cm³/mol. The number of aromatic nitrogens is 1. The molecule has 2 aliphatic heterocycles. The largest absolute Gasteiger partial charge is 0.483 e. The maximum absolute atomic E-state index is 14.0. The van der Waals surface area contributed by atoms with Crippen molar-refractivity contribution in [1.29, 1.82) is 0 Å². The average Bonchev–Trinajstić information content (AvgIpc) is 3.44. The van der Waals surface area contributed by atoms with Crippen LogP contribution in [0.3, 0.4) is 0 Å². The number of hydrogen-bond donors (Lipinski definition) is 2. The van der Waals surface area contributed by atoms with Crippen LogP contribution in [0.4, 0.5) is 11.4 Å². The van der Waals surface area contributed by atoms with E-state index in [2.05, 4.69) is 10.3 Å². The molecule has 3 aromatic carbocycles. The van der Waals surface area contributed by atoms with E-state index in [1.807, 2.05) is 0 Å². The number of fused-ring (bicyclic) bond motifs is 2. The summed E-state index contributed by atoms with van der Waals surface area (Å²) in [6.07, 6.45) is 0. The zero-order valence-corrected chi connectivity index (χ0v) is 24.6. The third-order valence-electron chi connectivity index (χ3n) is 6.70. The molecule has 0 radical (unpaired) electrons. The average molecular weight is 647 g/mol. The van der Waals surface area contributed by atoms with E-state index in [1.54, 1.807) is 66.7 Å². The minimum absolute atomic E-state index is 0.299. The van der Waals surface area contributed by atoms with Crippen molar-refractivity contribution in [3.8, 4) is 5.75 Å². The molecule has 2 aliphatic rings. The van der Waals surface area contributed by atoms with Gasteiger partial charge < -0.3 is 15.0 Å². The number of imide groups is 1. The fraction of sp³-hybridized carbons (Fsp3) is 0.143. The van der Waals surface area contributed by atoms with Gasteiger partial charge >= 0.3 is 4.87 Å². The zero-order chi connectivity index (χ0) is 28.8. The summed E-state index contributed by atoms with van der Waals surface area (Å²) in [6.45, 7) is -0.340. The molecule has 1 aromatic heterocycles. The number of hydrogen-bond acceptors (Lipinski definition) is 7. The monoisotopic (exact) mass is 645 g/mol. The molecule has 0 aliphatic carbocycles. The number of ether oxygens (including phenoxy) is 1. The standard InChI is InChI=1S/C28H18Cl3N3O5S2/c29-13-1-6-16(7-2-13)32-20(35)12-39-19-10-5-15(31)11-18(19)21-22-24(40-25-23(21)41-28(38)33-25)27(37)34(26(22)36)17-8-3-14(30)4-9-17/h1-11,21-22,24H,12H2,(H,32,35)(H,33,38).